The Bertz CT molecular complexity index is 1560. The molecule has 1 amide bonds. The highest BCUT2D eigenvalue weighted by Gasteiger charge is 2.22. The number of nitrogens with one attached hydrogen (secondary N) is 2. The average Bonchev–Trinajstić information content (AvgIpc) is 2.86. The fourth-order valence-electron chi connectivity index (χ4n) is 3.36. The molecule has 4 rings (SSSR count). The van der Waals surface area contributed by atoms with E-state index in [1.807, 2.05) is 0 Å². The Labute approximate surface area is 222 Å². The number of ketones is 1. The number of carbonyl (C=O) groups excluding carboxylic acids is 2. The molecule has 0 spiro atoms. The van der Waals surface area contributed by atoms with Crippen LogP contribution in [0.2, 0.25) is 15.1 Å². The molecule has 0 aliphatic heterocycles. The van der Waals surface area contributed by atoms with Gasteiger partial charge in [-0.25, -0.2) is 8.42 Å². The smallest absolute Gasteiger partial charge is 0.261 e. The molecule has 0 heterocycles. The average molecular weight is 560 g/mol. The molecule has 0 radical (unpaired) electrons. The lowest BCUT2D eigenvalue weighted by atomic mass is 10.0. The van der Waals surface area contributed by atoms with Gasteiger partial charge in [-0.05, 0) is 60.7 Å². The minimum Gasteiger partial charge on any atom is -0.321 e. The SMILES string of the molecule is O=C(Nc1ccc(Cl)cc1C(=O)c1ccccc1)c1cc(Cl)ccc1NS(=O)(=O)c1ccc(Cl)cc1. The van der Waals surface area contributed by atoms with E-state index >= 15 is 0 Å². The lowest BCUT2D eigenvalue weighted by Gasteiger charge is -2.15. The van der Waals surface area contributed by atoms with Crippen molar-refractivity contribution >= 4 is 67.9 Å². The molecule has 0 bridgehead atoms. The highest BCUT2D eigenvalue weighted by Crippen LogP contribution is 2.28. The summed E-state index contributed by atoms with van der Waals surface area (Å²) in [5.41, 5.74) is 0.733. The van der Waals surface area contributed by atoms with Crippen LogP contribution in [0.4, 0.5) is 11.4 Å². The molecule has 4 aromatic carbocycles. The first-order chi connectivity index (χ1) is 17.1. The van der Waals surface area contributed by atoms with Gasteiger partial charge >= 0.3 is 0 Å². The number of carbonyl (C=O) groups is 2. The first-order valence-corrected chi connectivity index (χ1v) is 13.0. The predicted molar refractivity (Wildman–Crippen MR) is 143 cm³/mol. The van der Waals surface area contributed by atoms with Crippen LogP contribution in [0.1, 0.15) is 26.3 Å². The number of hydrogen-bond acceptors (Lipinski definition) is 4. The third kappa shape index (κ3) is 5.88. The summed E-state index contributed by atoms with van der Waals surface area (Å²) in [6.07, 6.45) is 0. The van der Waals surface area contributed by atoms with Crippen molar-refractivity contribution in [2.75, 3.05) is 10.0 Å². The minimum absolute atomic E-state index is 0.00301. The van der Waals surface area contributed by atoms with Crippen LogP contribution >= 0.6 is 34.8 Å². The third-order valence-corrected chi connectivity index (χ3v) is 7.21. The maximum atomic E-state index is 13.3. The number of halogens is 3. The lowest BCUT2D eigenvalue weighted by molar-refractivity contribution is 0.102. The van der Waals surface area contributed by atoms with Gasteiger partial charge in [0, 0.05) is 26.2 Å². The van der Waals surface area contributed by atoms with Crippen LogP contribution in [-0.2, 0) is 10.0 Å². The van der Waals surface area contributed by atoms with Crippen LogP contribution in [0.15, 0.2) is 95.9 Å². The first kappa shape index (κ1) is 25.7. The van der Waals surface area contributed by atoms with E-state index in [1.165, 1.54) is 60.7 Å². The summed E-state index contributed by atoms with van der Waals surface area (Å²) in [5, 5.41) is 3.58. The van der Waals surface area contributed by atoms with Crippen molar-refractivity contribution in [1.82, 2.24) is 0 Å². The van der Waals surface area contributed by atoms with E-state index in [0.29, 0.717) is 15.6 Å². The molecule has 10 heteroatoms. The fourth-order valence-corrected chi connectivity index (χ4v) is 4.91. The van der Waals surface area contributed by atoms with Crippen molar-refractivity contribution in [3.63, 3.8) is 0 Å². The van der Waals surface area contributed by atoms with Gasteiger partial charge in [0.25, 0.3) is 15.9 Å². The molecule has 4 aromatic rings. The molecule has 0 aliphatic carbocycles. The molecule has 36 heavy (non-hydrogen) atoms. The first-order valence-electron chi connectivity index (χ1n) is 10.4. The minimum atomic E-state index is -4.04. The van der Waals surface area contributed by atoms with Crippen molar-refractivity contribution < 1.29 is 18.0 Å². The second kappa shape index (κ2) is 10.7. The third-order valence-electron chi connectivity index (χ3n) is 5.10. The van der Waals surface area contributed by atoms with Gasteiger partial charge < -0.3 is 5.32 Å². The van der Waals surface area contributed by atoms with Crippen molar-refractivity contribution in [2.24, 2.45) is 0 Å². The molecule has 0 atom stereocenters. The van der Waals surface area contributed by atoms with Gasteiger partial charge in [-0.3, -0.25) is 14.3 Å². The Morgan fingerprint density at radius 1 is 0.639 bits per heavy atom. The van der Waals surface area contributed by atoms with Crippen LogP contribution in [0.25, 0.3) is 0 Å². The van der Waals surface area contributed by atoms with Gasteiger partial charge in [-0.2, -0.15) is 0 Å². The van der Waals surface area contributed by atoms with Crippen molar-refractivity contribution in [1.29, 1.82) is 0 Å². The summed E-state index contributed by atoms with van der Waals surface area (Å²) in [6.45, 7) is 0. The van der Waals surface area contributed by atoms with Crippen molar-refractivity contribution in [3.05, 3.63) is 123 Å². The van der Waals surface area contributed by atoms with Crippen LogP contribution in [0, 0.1) is 0 Å². The van der Waals surface area contributed by atoms with E-state index in [1.54, 1.807) is 30.3 Å². The fraction of sp³-hybridized carbons (Fsp3) is 0. The largest absolute Gasteiger partial charge is 0.321 e. The van der Waals surface area contributed by atoms with E-state index in [2.05, 4.69) is 10.0 Å². The number of rotatable bonds is 7. The van der Waals surface area contributed by atoms with Gasteiger partial charge in [0.05, 0.1) is 21.8 Å². The Balaban J connectivity index is 1.67. The highest BCUT2D eigenvalue weighted by atomic mass is 35.5. The molecule has 0 aromatic heterocycles. The quantitative estimate of drug-likeness (QED) is 0.240. The van der Waals surface area contributed by atoms with Crippen LogP contribution in [-0.4, -0.2) is 20.1 Å². The molecule has 182 valence electrons. The molecular formula is C26H17Cl3N2O4S. The summed E-state index contributed by atoms with van der Waals surface area (Å²) >= 11 is 18.1. The zero-order valence-corrected chi connectivity index (χ0v) is 21.4. The molecule has 0 unspecified atom stereocenters. The van der Waals surface area contributed by atoms with Gasteiger partial charge in [-0.1, -0.05) is 65.1 Å². The molecule has 2 N–H and O–H groups in total. The van der Waals surface area contributed by atoms with Crippen molar-refractivity contribution in [3.8, 4) is 0 Å². The molecular weight excluding hydrogens is 543 g/mol. The van der Waals surface area contributed by atoms with E-state index in [-0.39, 0.29) is 38.2 Å². The molecule has 0 saturated heterocycles. The molecule has 0 aliphatic rings. The van der Waals surface area contributed by atoms with E-state index < -0.39 is 15.9 Å². The number of benzene rings is 4. The molecule has 6 nitrogen and oxygen atoms in total. The summed E-state index contributed by atoms with van der Waals surface area (Å²) in [5.74, 6) is -1.03. The number of anilines is 2. The van der Waals surface area contributed by atoms with Gasteiger partial charge in [-0.15, -0.1) is 0 Å². The number of sulfonamides is 1. The summed E-state index contributed by atoms with van der Waals surface area (Å²) in [7, 11) is -4.04. The standard InChI is InChI=1S/C26H17Cl3N2O4S/c27-17-6-10-20(11-7-17)36(34,35)31-24-13-9-19(29)15-22(24)26(33)30-23-12-8-18(28)14-21(23)25(32)16-4-2-1-3-5-16/h1-15,31H,(H,30,33). The predicted octanol–water partition coefficient (Wildman–Crippen LogP) is 6.93. The Kier molecular flexibility index (Phi) is 7.66. The zero-order valence-electron chi connectivity index (χ0n) is 18.3. The van der Waals surface area contributed by atoms with Gasteiger partial charge in [0.1, 0.15) is 0 Å². The lowest BCUT2D eigenvalue weighted by Crippen LogP contribution is -2.20. The monoisotopic (exact) mass is 558 g/mol. The second-order valence-electron chi connectivity index (χ2n) is 7.59. The number of amides is 1. The van der Waals surface area contributed by atoms with Crippen LogP contribution in [0.5, 0.6) is 0 Å². The van der Waals surface area contributed by atoms with Crippen molar-refractivity contribution in [2.45, 2.75) is 4.90 Å². The second-order valence-corrected chi connectivity index (χ2v) is 10.6. The van der Waals surface area contributed by atoms with E-state index in [9.17, 15) is 18.0 Å². The maximum absolute atomic E-state index is 13.3. The normalized spacial score (nSPS) is 11.1. The Morgan fingerprint density at radius 3 is 1.83 bits per heavy atom. The Morgan fingerprint density at radius 2 is 1.19 bits per heavy atom. The van der Waals surface area contributed by atoms with Crippen LogP contribution < -0.4 is 10.0 Å². The number of hydrogen-bond donors (Lipinski definition) is 2. The Hall–Kier alpha value is -3.36. The van der Waals surface area contributed by atoms with E-state index in [0.717, 1.165) is 0 Å². The maximum Gasteiger partial charge on any atom is 0.261 e. The summed E-state index contributed by atoms with van der Waals surface area (Å²) in [6, 6.07) is 22.7. The summed E-state index contributed by atoms with van der Waals surface area (Å²) in [4.78, 5) is 26.3. The van der Waals surface area contributed by atoms with Gasteiger partial charge in [0.15, 0.2) is 5.78 Å². The molecule has 0 fully saturated rings. The molecule has 0 saturated carbocycles. The van der Waals surface area contributed by atoms with Crippen LogP contribution in [0.3, 0.4) is 0 Å². The summed E-state index contributed by atoms with van der Waals surface area (Å²) < 4.78 is 28.2. The van der Waals surface area contributed by atoms with E-state index in [4.69, 9.17) is 34.8 Å². The van der Waals surface area contributed by atoms with Gasteiger partial charge in [0.2, 0.25) is 0 Å². The highest BCUT2D eigenvalue weighted by molar-refractivity contribution is 7.92. The zero-order chi connectivity index (χ0) is 25.9. The topological polar surface area (TPSA) is 92.3 Å².